The van der Waals surface area contributed by atoms with Crippen LogP contribution in [0.3, 0.4) is 0 Å². The highest BCUT2D eigenvalue weighted by atomic mass is 35.5. The molecule has 4 aromatic carbocycles. The third-order valence-electron chi connectivity index (χ3n) is 9.26. The number of carbonyl (C=O) groups is 2. The number of carbonyl (C=O) groups excluding carboxylic acids is 2. The molecule has 1 aliphatic heterocycles. The Morgan fingerprint density at radius 1 is 0.837 bits per heavy atom. The van der Waals surface area contributed by atoms with E-state index in [1.165, 1.54) is 17.1 Å². The van der Waals surface area contributed by atoms with Gasteiger partial charge >= 0.3 is 12.3 Å². The number of rotatable bonds is 14. The summed E-state index contributed by atoms with van der Waals surface area (Å²) in [4.78, 5) is 27.2. The first-order valence-corrected chi connectivity index (χ1v) is 16.4. The van der Waals surface area contributed by atoms with Gasteiger partial charge in [0.25, 0.3) is 0 Å². The Labute approximate surface area is 292 Å². The Bertz CT molecular complexity index is 1550. The number of halogens is 4. The second-order valence-electron chi connectivity index (χ2n) is 12.3. The highest BCUT2D eigenvalue weighted by Crippen LogP contribution is 2.38. The van der Waals surface area contributed by atoms with Crippen LogP contribution < -0.4 is 5.43 Å². The van der Waals surface area contributed by atoms with E-state index >= 15 is 0 Å². The van der Waals surface area contributed by atoms with Crippen molar-refractivity contribution in [1.29, 1.82) is 0 Å². The number of piperidine rings is 1. The first kappa shape index (κ1) is 37.6. The molecule has 1 fully saturated rings. The van der Waals surface area contributed by atoms with Gasteiger partial charge in [0, 0.05) is 12.0 Å². The molecule has 1 aliphatic rings. The molecular weight excluding hydrogens is 651 g/mol. The molecule has 0 spiro atoms. The zero-order valence-electron chi connectivity index (χ0n) is 27.4. The van der Waals surface area contributed by atoms with Crippen molar-refractivity contribution in [2.24, 2.45) is 0 Å². The van der Waals surface area contributed by atoms with Crippen LogP contribution in [0, 0.1) is 0 Å². The van der Waals surface area contributed by atoms with Crippen LogP contribution in [0.15, 0.2) is 115 Å². The summed E-state index contributed by atoms with van der Waals surface area (Å²) in [6.45, 7) is 2.70. The van der Waals surface area contributed by atoms with Gasteiger partial charge in [0.05, 0.1) is 12.1 Å². The maximum absolute atomic E-state index is 13.3. The van der Waals surface area contributed by atoms with Crippen LogP contribution in [0.2, 0.25) is 0 Å². The van der Waals surface area contributed by atoms with E-state index in [0.29, 0.717) is 12.8 Å². The number of hydrazine groups is 1. The third kappa shape index (κ3) is 10.2. The summed E-state index contributed by atoms with van der Waals surface area (Å²) in [5.74, 6) is 0.103. The van der Waals surface area contributed by atoms with E-state index < -0.39 is 23.2 Å². The normalized spacial score (nSPS) is 14.1. The first-order valence-electron chi connectivity index (χ1n) is 16.4. The Morgan fingerprint density at radius 2 is 1.41 bits per heavy atom. The summed E-state index contributed by atoms with van der Waals surface area (Å²) < 4.78 is 45.4. The minimum absolute atomic E-state index is 0. The van der Waals surface area contributed by atoms with Crippen LogP contribution in [-0.4, -0.2) is 55.0 Å². The fourth-order valence-electron chi connectivity index (χ4n) is 6.63. The summed E-state index contributed by atoms with van der Waals surface area (Å²) in [5, 5.41) is 1.23. The van der Waals surface area contributed by atoms with Gasteiger partial charge in [-0.2, -0.15) is 13.2 Å². The lowest BCUT2D eigenvalue weighted by Crippen LogP contribution is -2.51. The Morgan fingerprint density at radius 3 is 1.98 bits per heavy atom. The number of hydrogen-bond donors (Lipinski definition) is 1. The van der Waals surface area contributed by atoms with E-state index in [4.69, 9.17) is 4.74 Å². The highest BCUT2D eigenvalue weighted by Gasteiger charge is 2.36. The van der Waals surface area contributed by atoms with E-state index in [0.717, 1.165) is 73.6 Å². The molecule has 1 N–H and O–H groups in total. The summed E-state index contributed by atoms with van der Waals surface area (Å²) in [6, 6.07) is 35.4. The van der Waals surface area contributed by atoms with Crippen molar-refractivity contribution in [3.63, 3.8) is 0 Å². The number of benzene rings is 4. The quantitative estimate of drug-likeness (QED) is 0.106. The van der Waals surface area contributed by atoms with Gasteiger partial charge < -0.3 is 14.4 Å². The van der Waals surface area contributed by atoms with E-state index in [1.54, 1.807) is 0 Å². The molecule has 0 radical (unpaired) electrons. The van der Waals surface area contributed by atoms with Gasteiger partial charge in [0.2, 0.25) is 0 Å². The molecule has 0 saturated carbocycles. The van der Waals surface area contributed by atoms with E-state index in [-0.39, 0.29) is 31.5 Å². The van der Waals surface area contributed by atoms with Gasteiger partial charge in [-0.25, -0.2) is 15.2 Å². The fraction of sp³-hybridized carbons (Fsp3) is 0.333. The van der Waals surface area contributed by atoms with E-state index in [1.807, 2.05) is 72.8 Å². The number of hydrogen-bond acceptors (Lipinski definition) is 5. The van der Waals surface area contributed by atoms with Crippen LogP contribution in [0.4, 0.5) is 18.0 Å². The van der Waals surface area contributed by atoms with Crippen LogP contribution >= 0.6 is 12.4 Å². The molecule has 10 heteroatoms. The van der Waals surface area contributed by atoms with Crippen LogP contribution in [-0.2, 0) is 27.7 Å². The predicted octanol–water partition coefficient (Wildman–Crippen LogP) is 8.42. The van der Waals surface area contributed by atoms with Gasteiger partial charge in [-0.05, 0) is 79.6 Å². The van der Waals surface area contributed by atoms with Crippen molar-refractivity contribution in [3.8, 4) is 0 Å². The molecule has 0 aliphatic carbocycles. The summed E-state index contributed by atoms with van der Waals surface area (Å²) in [6.07, 6.45) is -1.12. The molecule has 4 aromatic rings. The van der Waals surface area contributed by atoms with Gasteiger partial charge in [-0.15, -0.1) is 12.4 Å². The van der Waals surface area contributed by atoms with E-state index in [9.17, 15) is 22.8 Å². The van der Waals surface area contributed by atoms with Crippen molar-refractivity contribution in [2.45, 2.75) is 49.8 Å². The van der Waals surface area contributed by atoms with Crippen molar-refractivity contribution in [2.75, 3.05) is 32.7 Å². The SMILES string of the molecule is Cl.O=CCN(NCC(CCCN1CCC(c2cccc(C(F)(F)F)c2)CC1)(c1ccccc1)c1ccccc1)C(=O)OCc1ccccc1. The van der Waals surface area contributed by atoms with E-state index in [2.05, 4.69) is 34.6 Å². The molecule has 0 unspecified atom stereocenters. The maximum atomic E-state index is 13.3. The van der Waals surface area contributed by atoms with Crippen LogP contribution in [0.25, 0.3) is 0 Å². The summed E-state index contributed by atoms with van der Waals surface area (Å²) in [5.41, 5.74) is 5.88. The van der Waals surface area contributed by atoms with Gasteiger partial charge in [-0.3, -0.25) is 0 Å². The number of amides is 1. The van der Waals surface area contributed by atoms with Crippen molar-refractivity contribution in [3.05, 3.63) is 143 Å². The summed E-state index contributed by atoms with van der Waals surface area (Å²) >= 11 is 0. The Hall–Kier alpha value is -4.18. The zero-order chi connectivity index (χ0) is 33.8. The molecule has 5 rings (SSSR count). The lowest BCUT2D eigenvalue weighted by Gasteiger charge is -2.38. The largest absolute Gasteiger partial charge is 0.444 e. The smallest absolute Gasteiger partial charge is 0.424 e. The molecule has 1 heterocycles. The average Bonchev–Trinajstić information content (AvgIpc) is 3.12. The average molecular weight is 694 g/mol. The molecule has 49 heavy (non-hydrogen) atoms. The molecule has 1 amide bonds. The molecule has 6 nitrogen and oxygen atoms in total. The number of nitrogens with one attached hydrogen (secondary N) is 1. The predicted molar refractivity (Wildman–Crippen MR) is 187 cm³/mol. The number of likely N-dealkylation sites (tertiary alicyclic amines) is 1. The van der Waals surface area contributed by atoms with Gasteiger partial charge in [-0.1, -0.05) is 109 Å². The number of aldehydes is 1. The Balaban J connectivity index is 0.00000541. The topological polar surface area (TPSA) is 61.9 Å². The second kappa shape index (κ2) is 18.0. The third-order valence-corrected chi connectivity index (χ3v) is 9.26. The molecule has 0 atom stereocenters. The van der Waals surface area contributed by atoms with Crippen molar-refractivity contribution < 1.29 is 27.5 Å². The lowest BCUT2D eigenvalue weighted by atomic mass is 9.71. The minimum Gasteiger partial charge on any atom is -0.444 e. The van der Waals surface area contributed by atoms with Crippen LogP contribution in [0.1, 0.15) is 59.4 Å². The van der Waals surface area contributed by atoms with Crippen LogP contribution in [0.5, 0.6) is 0 Å². The molecule has 0 bridgehead atoms. The molecule has 0 aromatic heterocycles. The highest BCUT2D eigenvalue weighted by molar-refractivity contribution is 5.85. The molecule has 260 valence electrons. The standard InChI is InChI=1S/C39H42F3N3O3.ClH/c40-39(41,42)36-19-10-14-33(28-36)32-20-24-44(25-21-32)23-11-22-38(34-15-6-2-7-16-34,35-17-8-3-9-18-35)30-43-45(26-27-46)37(47)48-29-31-12-4-1-5-13-31;/h1-10,12-19,27-28,32,43H,11,20-26,29-30H2;1H. The van der Waals surface area contributed by atoms with Crippen molar-refractivity contribution in [1.82, 2.24) is 15.3 Å². The Kier molecular flexibility index (Phi) is 13.8. The maximum Gasteiger partial charge on any atom is 0.424 e. The minimum atomic E-state index is -4.34. The fourth-order valence-corrected chi connectivity index (χ4v) is 6.63. The zero-order valence-corrected chi connectivity index (χ0v) is 28.2. The van der Waals surface area contributed by atoms with Gasteiger partial charge in [0.15, 0.2) is 0 Å². The number of ether oxygens (including phenoxy) is 1. The number of nitrogens with zero attached hydrogens (tertiary/aromatic N) is 2. The second-order valence-corrected chi connectivity index (χ2v) is 12.3. The monoisotopic (exact) mass is 693 g/mol. The van der Waals surface area contributed by atoms with Crippen molar-refractivity contribution >= 4 is 24.8 Å². The first-order chi connectivity index (χ1) is 23.3. The molecule has 1 saturated heterocycles. The molecular formula is C39H43ClF3N3O3. The summed E-state index contributed by atoms with van der Waals surface area (Å²) in [7, 11) is 0. The lowest BCUT2D eigenvalue weighted by molar-refractivity contribution is -0.137. The van der Waals surface area contributed by atoms with Gasteiger partial charge in [0.1, 0.15) is 12.9 Å². The number of alkyl halides is 3.